The molecule has 0 unspecified atom stereocenters. The van der Waals surface area contributed by atoms with E-state index in [0.717, 1.165) is 15.6 Å². The van der Waals surface area contributed by atoms with Gasteiger partial charge in [0.15, 0.2) is 11.5 Å². The van der Waals surface area contributed by atoms with E-state index in [1.807, 2.05) is 12.1 Å². The number of nitrogens with zero attached hydrogens (tertiary/aromatic N) is 1. The molecule has 0 fully saturated rings. The summed E-state index contributed by atoms with van der Waals surface area (Å²) >= 11 is 3.42. The molecule has 2 aromatic carbocycles. The van der Waals surface area contributed by atoms with Gasteiger partial charge in [0, 0.05) is 0 Å². The Labute approximate surface area is 131 Å². The van der Waals surface area contributed by atoms with Gasteiger partial charge < -0.3 is 14.6 Å². The Kier molecular flexibility index (Phi) is 5.20. The minimum atomic E-state index is -0.0646. The predicted molar refractivity (Wildman–Crippen MR) is 82.1 cm³/mol. The number of nitriles is 1. The first-order chi connectivity index (χ1) is 10.2. The molecule has 0 aliphatic carbocycles. The number of hydrogen-bond donors (Lipinski definition) is 1. The number of aliphatic hydroxyl groups excluding tert-OH is 1. The first kappa shape index (κ1) is 15.4. The number of hydrogen-bond acceptors (Lipinski definition) is 4. The summed E-state index contributed by atoms with van der Waals surface area (Å²) in [5.74, 6) is 1.14. The van der Waals surface area contributed by atoms with Gasteiger partial charge in [0.05, 0.1) is 29.8 Å². The van der Waals surface area contributed by atoms with Gasteiger partial charge in [-0.25, -0.2) is 0 Å². The number of rotatable bonds is 5. The van der Waals surface area contributed by atoms with Gasteiger partial charge >= 0.3 is 0 Å². The van der Waals surface area contributed by atoms with E-state index in [0.29, 0.717) is 23.7 Å². The summed E-state index contributed by atoms with van der Waals surface area (Å²) in [4.78, 5) is 0. The third-order valence-corrected chi connectivity index (χ3v) is 3.53. The summed E-state index contributed by atoms with van der Waals surface area (Å²) in [6, 6.07) is 12.8. The normalized spacial score (nSPS) is 10.0. The third-order valence-electron chi connectivity index (χ3n) is 2.94. The summed E-state index contributed by atoms with van der Waals surface area (Å²) in [7, 11) is 1.55. The maximum Gasteiger partial charge on any atom is 0.175 e. The lowest BCUT2D eigenvalue weighted by Crippen LogP contribution is -2.00. The molecule has 4 nitrogen and oxygen atoms in total. The number of benzene rings is 2. The van der Waals surface area contributed by atoms with E-state index in [1.165, 1.54) is 0 Å². The van der Waals surface area contributed by atoms with Crippen molar-refractivity contribution < 1.29 is 14.6 Å². The van der Waals surface area contributed by atoms with E-state index in [-0.39, 0.29) is 6.61 Å². The van der Waals surface area contributed by atoms with E-state index < -0.39 is 0 Å². The molecule has 0 bridgehead atoms. The fourth-order valence-corrected chi connectivity index (χ4v) is 2.44. The highest BCUT2D eigenvalue weighted by atomic mass is 79.9. The Morgan fingerprint density at radius 2 is 1.90 bits per heavy atom. The monoisotopic (exact) mass is 347 g/mol. The molecule has 0 aliphatic heterocycles. The molecule has 2 aromatic rings. The average Bonchev–Trinajstić information content (AvgIpc) is 2.53. The Balaban J connectivity index is 2.17. The highest BCUT2D eigenvalue weighted by molar-refractivity contribution is 9.10. The largest absolute Gasteiger partial charge is 0.493 e. The van der Waals surface area contributed by atoms with E-state index in [9.17, 15) is 5.11 Å². The van der Waals surface area contributed by atoms with Crippen LogP contribution in [0.5, 0.6) is 11.5 Å². The van der Waals surface area contributed by atoms with E-state index >= 15 is 0 Å². The number of halogens is 1. The second-order valence-electron chi connectivity index (χ2n) is 4.36. The summed E-state index contributed by atoms with van der Waals surface area (Å²) < 4.78 is 11.8. The number of methoxy groups -OCH3 is 1. The van der Waals surface area contributed by atoms with Crippen molar-refractivity contribution in [3.05, 3.63) is 57.6 Å². The second kappa shape index (κ2) is 7.11. The topological polar surface area (TPSA) is 62.5 Å². The van der Waals surface area contributed by atoms with Gasteiger partial charge in [0.2, 0.25) is 0 Å². The van der Waals surface area contributed by atoms with Crippen LogP contribution in [0.4, 0.5) is 0 Å². The maximum absolute atomic E-state index is 9.19. The van der Waals surface area contributed by atoms with Crippen LogP contribution in [0.2, 0.25) is 0 Å². The molecule has 0 saturated heterocycles. The van der Waals surface area contributed by atoms with Crippen LogP contribution in [0.1, 0.15) is 16.7 Å². The van der Waals surface area contributed by atoms with Crippen LogP contribution in [0.15, 0.2) is 40.9 Å². The molecular weight excluding hydrogens is 334 g/mol. The SMILES string of the molecule is COc1cc(CO)cc(Br)c1OCc1ccc(C#N)cc1. The van der Waals surface area contributed by atoms with Crippen molar-refractivity contribution in [2.75, 3.05) is 7.11 Å². The molecule has 1 N–H and O–H groups in total. The van der Waals surface area contributed by atoms with Crippen molar-refractivity contribution in [2.45, 2.75) is 13.2 Å². The van der Waals surface area contributed by atoms with E-state index in [4.69, 9.17) is 14.7 Å². The van der Waals surface area contributed by atoms with Gasteiger partial charge in [0.1, 0.15) is 6.61 Å². The zero-order valence-corrected chi connectivity index (χ0v) is 13.1. The van der Waals surface area contributed by atoms with Crippen LogP contribution in [0.3, 0.4) is 0 Å². The summed E-state index contributed by atoms with van der Waals surface area (Å²) in [6.07, 6.45) is 0. The first-order valence-corrected chi connectivity index (χ1v) is 7.06. The van der Waals surface area contributed by atoms with Crippen molar-refractivity contribution in [3.8, 4) is 17.6 Å². The van der Waals surface area contributed by atoms with Crippen LogP contribution in [0.25, 0.3) is 0 Å². The molecule has 0 atom stereocenters. The van der Waals surface area contributed by atoms with Crippen molar-refractivity contribution in [3.63, 3.8) is 0 Å². The quantitative estimate of drug-likeness (QED) is 0.900. The van der Waals surface area contributed by atoms with Crippen LogP contribution in [-0.2, 0) is 13.2 Å². The van der Waals surface area contributed by atoms with Gasteiger partial charge in [-0.3, -0.25) is 0 Å². The first-order valence-electron chi connectivity index (χ1n) is 6.27. The van der Waals surface area contributed by atoms with Gasteiger partial charge in [-0.2, -0.15) is 5.26 Å². The minimum Gasteiger partial charge on any atom is -0.493 e. The van der Waals surface area contributed by atoms with Crippen LogP contribution < -0.4 is 9.47 Å². The molecule has 0 heterocycles. The Hall–Kier alpha value is -2.03. The number of aliphatic hydroxyl groups is 1. The zero-order chi connectivity index (χ0) is 15.2. The highest BCUT2D eigenvalue weighted by Crippen LogP contribution is 2.37. The van der Waals surface area contributed by atoms with Gasteiger partial charge in [-0.1, -0.05) is 12.1 Å². The molecule has 2 rings (SSSR count). The molecule has 0 spiro atoms. The Morgan fingerprint density at radius 3 is 2.48 bits per heavy atom. The van der Waals surface area contributed by atoms with Gasteiger partial charge in [-0.05, 0) is 51.3 Å². The highest BCUT2D eigenvalue weighted by Gasteiger charge is 2.11. The summed E-state index contributed by atoms with van der Waals surface area (Å²) in [6.45, 7) is 0.296. The second-order valence-corrected chi connectivity index (χ2v) is 5.22. The lowest BCUT2D eigenvalue weighted by atomic mass is 10.1. The predicted octanol–water partition coefficient (Wildman–Crippen LogP) is 3.40. The van der Waals surface area contributed by atoms with Crippen molar-refractivity contribution in [1.82, 2.24) is 0 Å². The van der Waals surface area contributed by atoms with Gasteiger partial charge in [-0.15, -0.1) is 0 Å². The van der Waals surface area contributed by atoms with Crippen molar-refractivity contribution in [2.24, 2.45) is 0 Å². The Morgan fingerprint density at radius 1 is 1.19 bits per heavy atom. The fraction of sp³-hybridized carbons (Fsp3) is 0.188. The summed E-state index contributed by atoms with van der Waals surface area (Å²) in [5.41, 5.74) is 2.31. The molecular formula is C16H14BrNO3. The summed E-state index contributed by atoms with van der Waals surface area (Å²) in [5, 5.41) is 18.0. The lowest BCUT2D eigenvalue weighted by Gasteiger charge is -2.14. The zero-order valence-electron chi connectivity index (χ0n) is 11.5. The molecule has 0 radical (unpaired) electrons. The van der Waals surface area contributed by atoms with Crippen LogP contribution >= 0.6 is 15.9 Å². The van der Waals surface area contributed by atoms with Gasteiger partial charge in [0.25, 0.3) is 0 Å². The minimum absolute atomic E-state index is 0.0646. The van der Waals surface area contributed by atoms with Crippen LogP contribution in [0, 0.1) is 11.3 Å². The van der Waals surface area contributed by atoms with Crippen LogP contribution in [-0.4, -0.2) is 12.2 Å². The number of ether oxygens (including phenoxy) is 2. The molecule has 0 aromatic heterocycles. The molecule has 0 saturated carbocycles. The lowest BCUT2D eigenvalue weighted by molar-refractivity contribution is 0.273. The average molecular weight is 348 g/mol. The molecule has 108 valence electrons. The van der Waals surface area contributed by atoms with Crippen molar-refractivity contribution >= 4 is 15.9 Å². The van der Waals surface area contributed by atoms with Crippen molar-refractivity contribution in [1.29, 1.82) is 5.26 Å². The van der Waals surface area contributed by atoms with E-state index in [1.54, 1.807) is 31.4 Å². The molecule has 21 heavy (non-hydrogen) atoms. The third kappa shape index (κ3) is 3.75. The molecule has 0 aliphatic rings. The Bertz CT molecular complexity index is 662. The smallest absolute Gasteiger partial charge is 0.175 e. The fourth-order valence-electron chi connectivity index (χ4n) is 1.84. The molecule has 0 amide bonds. The molecule has 5 heteroatoms. The maximum atomic E-state index is 9.19. The standard InChI is InChI=1S/C16H14BrNO3/c1-20-15-7-13(9-19)6-14(17)16(15)21-10-12-4-2-11(8-18)3-5-12/h2-7,19H,9-10H2,1H3. The van der Waals surface area contributed by atoms with E-state index in [2.05, 4.69) is 22.0 Å².